The van der Waals surface area contributed by atoms with Crippen LogP contribution in [0.5, 0.6) is 11.5 Å². The van der Waals surface area contributed by atoms with E-state index < -0.39 is 16.6 Å². The Morgan fingerprint density at radius 1 is 1.18 bits per heavy atom. The molecule has 1 heterocycles. The second-order valence-corrected chi connectivity index (χ2v) is 9.87. The summed E-state index contributed by atoms with van der Waals surface area (Å²) in [4.78, 5) is 14.4. The average molecular weight is 483 g/mol. The van der Waals surface area contributed by atoms with Gasteiger partial charge < -0.3 is 14.4 Å². The molecule has 7 nitrogen and oxygen atoms in total. The van der Waals surface area contributed by atoms with E-state index in [-0.39, 0.29) is 40.5 Å². The first-order valence-electron chi connectivity index (χ1n) is 10.6. The SMILES string of the molecule is COc1ccc(C(=O)N(C)Cc2ccc(OC(F)F)cc2)cc1S(=O)(=O)N1CCCCC1C. The number of rotatable bonds is 8. The van der Waals surface area contributed by atoms with Gasteiger partial charge in [-0.1, -0.05) is 18.6 Å². The van der Waals surface area contributed by atoms with Gasteiger partial charge in [0.15, 0.2) is 0 Å². The van der Waals surface area contributed by atoms with E-state index in [1.807, 2.05) is 6.92 Å². The van der Waals surface area contributed by atoms with Gasteiger partial charge in [0.25, 0.3) is 5.91 Å². The highest BCUT2D eigenvalue weighted by atomic mass is 32.2. The Bertz CT molecular complexity index is 1080. The number of piperidine rings is 1. The van der Waals surface area contributed by atoms with Crippen LogP contribution in [-0.2, 0) is 16.6 Å². The van der Waals surface area contributed by atoms with Crippen LogP contribution in [0.15, 0.2) is 47.4 Å². The second-order valence-electron chi connectivity index (χ2n) is 8.01. The van der Waals surface area contributed by atoms with Crippen molar-refractivity contribution in [3.8, 4) is 11.5 Å². The number of hydrogen-bond donors (Lipinski definition) is 0. The Balaban J connectivity index is 1.82. The lowest BCUT2D eigenvalue weighted by Gasteiger charge is -2.32. The van der Waals surface area contributed by atoms with E-state index in [1.54, 1.807) is 19.2 Å². The number of hydrogen-bond acceptors (Lipinski definition) is 5. The first-order chi connectivity index (χ1) is 15.6. The Labute approximate surface area is 192 Å². The van der Waals surface area contributed by atoms with E-state index >= 15 is 0 Å². The average Bonchev–Trinajstić information content (AvgIpc) is 2.79. The number of nitrogens with zero attached hydrogens (tertiary/aromatic N) is 2. The fraction of sp³-hybridized carbons (Fsp3) is 0.435. The monoisotopic (exact) mass is 482 g/mol. The van der Waals surface area contributed by atoms with Crippen LogP contribution in [0.2, 0.25) is 0 Å². The molecule has 1 atom stereocenters. The molecule has 1 saturated heterocycles. The largest absolute Gasteiger partial charge is 0.495 e. The van der Waals surface area contributed by atoms with Crippen molar-refractivity contribution >= 4 is 15.9 Å². The van der Waals surface area contributed by atoms with Gasteiger partial charge in [-0.05, 0) is 55.7 Å². The molecular weight excluding hydrogens is 454 g/mol. The number of ether oxygens (including phenoxy) is 2. The Kier molecular flexibility index (Phi) is 7.91. The molecule has 2 aromatic carbocycles. The molecule has 10 heteroatoms. The van der Waals surface area contributed by atoms with Crippen molar-refractivity contribution in [1.29, 1.82) is 0 Å². The molecule has 0 spiro atoms. The number of methoxy groups -OCH3 is 1. The van der Waals surface area contributed by atoms with Crippen molar-refractivity contribution in [3.63, 3.8) is 0 Å². The van der Waals surface area contributed by atoms with Crippen molar-refractivity contribution in [1.82, 2.24) is 9.21 Å². The molecule has 180 valence electrons. The maximum Gasteiger partial charge on any atom is 0.387 e. The van der Waals surface area contributed by atoms with Crippen LogP contribution in [0.25, 0.3) is 0 Å². The molecule has 3 rings (SSSR count). The number of sulfonamides is 1. The summed E-state index contributed by atoms with van der Waals surface area (Å²) < 4.78 is 62.5. The second kappa shape index (κ2) is 10.5. The van der Waals surface area contributed by atoms with Gasteiger partial charge in [-0.25, -0.2) is 8.42 Å². The highest BCUT2D eigenvalue weighted by molar-refractivity contribution is 7.89. The minimum absolute atomic E-state index is 0.0275. The summed E-state index contributed by atoms with van der Waals surface area (Å²) in [6.45, 7) is -0.404. The highest BCUT2D eigenvalue weighted by Crippen LogP contribution is 2.32. The molecule has 1 aliphatic rings. The van der Waals surface area contributed by atoms with Crippen molar-refractivity contribution in [3.05, 3.63) is 53.6 Å². The number of benzene rings is 2. The van der Waals surface area contributed by atoms with E-state index in [0.29, 0.717) is 12.1 Å². The summed E-state index contributed by atoms with van der Waals surface area (Å²) in [5.41, 5.74) is 0.912. The number of halogens is 2. The van der Waals surface area contributed by atoms with Crippen LogP contribution in [-0.4, -0.2) is 56.9 Å². The summed E-state index contributed by atoms with van der Waals surface area (Å²) in [5, 5.41) is 0. The van der Waals surface area contributed by atoms with E-state index in [2.05, 4.69) is 4.74 Å². The smallest absolute Gasteiger partial charge is 0.387 e. The van der Waals surface area contributed by atoms with Gasteiger partial charge in [-0.15, -0.1) is 0 Å². The van der Waals surface area contributed by atoms with Crippen molar-refractivity contribution in [2.75, 3.05) is 20.7 Å². The summed E-state index contributed by atoms with van der Waals surface area (Å²) >= 11 is 0. The van der Waals surface area contributed by atoms with Crippen molar-refractivity contribution in [2.24, 2.45) is 0 Å². The molecule has 0 saturated carbocycles. The first-order valence-corrected chi connectivity index (χ1v) is 12.1. The Morgan fingerprint density at radius 3 is 2.48 bits per heavy atom. The number of amides is 1. The summed E-state index contributed by atoms with van der Waals surface area (Å²) in [6.07, 6.45) is 2.54. The zero-order valence-electron chi connectivity index (χ0n) is 18.8. The van der Waals surface area contributed by atoms with Gasteiger partial charge in [-0.2, -0.15) is 13.1 Å². The summed E-state index contributed by atoms with van der Waals surface area (Å²) in [5.74, 6) is -0.171. The number of carbonyl (C=O) groups excluding carboxylic acids is 1. The number of carbonyl (C=O) groups is 1. The normalized spacial score (nSPS) is 17.1. The molecule has 0 radical (unpaired) electrons. The van der Waals surface area contributed by atoms with Crippen LogP contribution in [0.4, 0.5) is 8.78 Å². The summed E-state index contributed by atoms with van der Waals surface area (Å²) in [7, 11) is -0.875. The third-order valence-electron chi connectivity index (χ3n) is 5.65. The molecule has 1 unspecified atom stereocenters. The molecular formula is C23H28F2N2O5S. The lowest BCUT2D eigenvalue weighted by molar-refractivity contribution is -0.0498. The number of alkyl halides is 2. The maximum atomic E-state index is 13.4. The van der Waals surface area contributed by atoms with Crippen LogP contribution in [0.3, 0.4) is 0 Å². The molecule has 1 amide bonds. The van der Waals surface area contributed by atoms with Gasteiger partial charge in [-0.3, -0.25) is 4.79 Å². The third kappa shape index (κ3) is 5.80. The van der Waals surface area contributed by atoms with Crippen molar-refractivity contribution < 1.29 is 31.5 Å². The zero-order valence-corrected chi connectivity index (χ0v) is 19.6. The molecule has 0 N–H and O–H groups in total. The Hall–Kier alpha value is -2.72. The minimum atomic E-state index is -3.85. The van der Waals surface area contributed by atoms with Crippen molar-refractivity contribution in [2.45, 2.75) is 50.3 Å². The minimum Gasteiger partial charge on any atom is -0.495 e. The zero-order chi connectivity index (χ0) is 24.2. The van der Waals surface area contributed by atoms with Gasteiger partial charge in [0.05, 0.1) is 7.11 Å². The standard InChI is InChI=1S/C23H28F2N2O5S/c1-16-6-4-5-13-27(16)33(29,30)21-14-18(9-12-20(21)31-3)22(28)26(2)15-17-7-10-19(11-8-17)32-23(24)25/h7-12,14,16,23H,4-6,13,15H2,1-3H3. The van der Waals surface area contributed by atoms with E-state index in [4.69, 9.17) is 4.74 Å². The fourth-order valence-corrected chi connectivity index (χ4v) is 5.79. The summed E-state index contributed by atoms with van der Waals surface area (Å²) in [6, 6.07) is 10.2. The molecule has 0 aliphatic carbocycles. The molecule has 1 fully saturated rings. The van der Waals surface area contributed by atoms with Crippen LogP contribution in [0.1, 0.15) is 42.1 Å². The van der Waals surface area contributed by atoms with E-state index in [9.17, 15) is 22.0 Å². The first kappa shape index (κ1) is 24.9. The van der Waals surface area contributed by atoms with Crippen LogP contribution >= 0.6 is 0 Å². The lowest BCUT2D eigenvalue weighted by atomic mass is 10.1. The van der Waals surface area contributed by atoms with Gasteiger partial charge in [0, 0.05) is 31.7 Å². The predicted octanol–water partition coefficient (Wildman–Crippen LogP) is 4.13. The van der Waals surface area contributed by atoms with E-state index in [1.165, 1.54) is 46.6 Å². The molecule has 0 aromatic heterocycles. The van der Waals surface area contributed by atoms with Gasteiger partial charge >= 0.3 is 6.61 Å². The maximum absolute atomic E-state index is 13.4. The Morgan fingerprint density at radius 2 is 1.88 bits per heavy atom. The predicted molar refractivity (Wildman–Crippen MR) is 119 cm³/mol. The lowest BCUT2D eigenvalue weighted by Crippen LogP contribution is -2.42. The quantitative estimate of drug-likeness (QED) is 0.566. The van der Waals surface area contributed by atoms with E-state index in [0.717, 1.165) is 19.3 Å². The third-order valence-corrected chi connectivity index (χ3v) is 7.69. The highest BCUT2D eigenvalue weighted by Gasteiger charge is 2.33. The van der Waals surface area contributed by atoms with Gasteiger partial charge in [0.1, 0.15) is 16.4 Å². The fourth-order valence-electron chi connectivity index (χ4n) is 3.91. The molecule has 33 heavy (non-hydrogen) atoms. The van der Waals surface area contributed by atoms with Crippen LogP contribution in [0, 0.1) is 0 Å². The van der Waals surface area contributed by atoms with Crippen LogP contribution < -0.4 is 9.47 Å². The van der Waals surface area contributed by atoms with Gasteiger partial charge in [0.2, 0.25) is 10.0 Å². The topological polar surface area (TPSA) is 76.1 Å². The molecule has 1 aliphatic heterocycles. The molecule has 0 bridgehead atoms. The molecule has 2 aromatic rings.